The van der Waals surface area contributed by atoms with Crippen molar-refractivity contribution in [2.24, 2.45) is 17.8 Å². The van der Waals surface area contributed by atoms with Crippen LogP contribution in [-0.2, 0) is 13.5 Å². The molecule has 2 rings (SSSR count). The first-order valence-corrected chi connectivity index (χ1v) is 7.29. The van der Waals surface area contributed by atoms with Crippen molar-refractivity contribution in [2.75, 3.05) is 6.54 Å². The van der Waals surface area contributed by atoms with Gasteiger partial charge in [0.1, 0.15) is 0 Å². The van der Waals surface area contributed by atoms with Gasteiger partial charge in [-0.15, -0.1) is 24.0 Å². The molecule has 6 heteroatoms. The van der Waals surface area contributed by atoms with Gasteiger partial charge >= 0.3 is 0 Å². The molecule has 0 bridgehead atoms. The third kappa shape index (κ3) is 5.68. The Morgan fingerprint density at radius 2 is 2.10 bits per heavy atom. The highest BCUT2D eigenvalue weighted by atomic mass is 127. The summed E-state index contributed by atoms with van der Waals surface area (Å²) in [5.41, 5.74) is 7.14. The Morgan fingerprint density at radius 3 is 2.70 bits per heavy atom. The van der Waals surface area contributed by atoms with E-state index in [0.717, 1.165) is 6.42 Å². The Balaban J connectivity index is 0.00000200. The third-order valence-electron chi connectivity index (χ3n) is 3.78. The normalized spacial score (nSPS) is 17.4. The SMILES string of the molecule is Cn1nccc1CCN=C(N)NC1CCCCCC1.I. The molecule has 5 nitrogen and oxygen atoms in total. The van der Waals surface area contributed by atoms with Crippen molar-refractivity contribution in [3.05, 3.63) is 18.0 Å². The van der Waals surface area contributed by atoms with Gasteiger partial charge in [0.05, 0.1) is 0 Å². The molecule has 0 radical (unpaired) electrons. The largest absolute Gasteiger partial charge is 0.370 e. The minimum absolute atomic E-state index is 0. The Hall–Kier alpha value is -0.790. The predicted molar refractivity (Wildman–Crippen MR) is 93.4 cm³/mol. The molecule has 1 saturated carbocycles. The van der Waals surface area contributed by atoms with Gasteiger partial charge in [0.15, 0.2) is 5.96 Å². The van der Waals surface area contributed by atoms with Gasteiger partial charge in [-0.3, -0.25) is 9.67 Å². The van der Waals surface area contributed by atoms with Crippen molar-refractivity contribution >= 4 is 29.9 Å². The molecule has 3 N–H and O–H groups in total. The van der Waals surface area contributed by atoms with Gasteiger partial charge in [-0.25, -0.2) is 0 Å². The summed E-state index contributed by atoms with van der Waals surface area (Å²) in [4.78, 5) is 4.41. The maximum Gasteiger partial charge on any atom is 0.188 e. The van der Waals surface area contributed by atoms with E-state index in [1.165, 1.54) is 44.2 Å². The first kappa shape index (κ1) is 17.3. The van der Waals surface area contributed by atoms with E-state index >= 15 is 0 Å². The van der Waals surface area contributed by atoms with Crippen LogP contribution < -0.4 is 11.1 Å². The minimum atomic E-state index is 0. The van der Waals surface area contributed by atoms with Crippen LogP contribution in [0, 0.1) is 0 Å². The van der Waals surface area contributed by atoms with E-state index in [2.05, 4.69) is 15.4 Å². The zero-order chi connectivity index (χ0) is 13.5. The van der Waals surface area contributed by atoms with Crippen molar-refractivity contribution in [3.8, 4) is 0 Å². The number of aryl methyl sites for hydroxylation is 1. The molecule has 0 saturated heterocycles. The molecule has 1 fully saturated rings. The van der Waals surface area contributed by atoms with E-state index in [9.17, 15) is 0 Å². The number of halogens is 1. The van der Waals surface area contributed by atoms with Gasteiger partial charge in [-0.2, -0.15) is 5.10 Å². The Morgan fingerprint density at radius 1 is 1.40 bits per heavy atom. The molecular formula is C14H26IN5. The van der Waals surface area contributed by atoms with E-state index in [1.54, 1.807) is 0 Å². The molecular weight excluding hydrogens is 365 g/mol. The van der Waals surface area contributed by atoms with Crippen LogP contribution in [0.3, 0.4) is 0 Å². The van der Waals surface area contributed by atoms with Gasteiger partial charge in [0.25, 0.3) is 0 Å². The maximum atomic E-state index is 5.95. The lowest BCUT2D eigenvalue weighted by atomic mass is 10.1. The van der Waals surface area contributed by atoms with Crippen molar-refractivity contribution < 1.29 is 0 Å². The van der Waals surface area contributed by atoms with Gasteiger partial charge in [0, 0.05) is 37.9 Å². The number of hydrogen-bond donors (Lipinski definition) is 2. The van der Waals surface area contributed by atoms with E-state index in [-0.39, 0.29) is 24.0 Å². The lowest BCUT2D eigenvalue weighted by Crippen LogP contribution is -2.40. The van der Waals surface area contributed by atoms with Crippen LogP contribution in [0.25, 0.3) is 0 Å². The smallest absolute Gasteiger partial charge is 0.188 e. The Labute approximate surface area is 138 Å². The predicted octanol–water partition coefficient (Wildman–Crippen LogP) is 2.21. The fourth-order valence-corrected chi connectivity index (χ4v) is 2.62. The molecule has 1 heterocycles. The zero-order valence-corrected chi connectivity index (χ0v) is 14.5. The number of aliphatic imine (C=N–C) groups is 1. The average Bonchev–Trinajstić information content (AvgIpc) is 2.65. The van der Waals surface area contributed by atoms with Crippen LogP contribution in [0.4, 0.5) is 0 Å². The number of guanidine groups is 1. The number of nitrogens with zero attached hydrogens (tertiary/aromatic N) is 3. The highest BCUT2D eigenvalue weighted by Gasteiger charge is 2.12. The van der Waals surface area contributed by atoms with E-state index in [4.69, 9.17) is 5.73 Å². The molecule has 1 aliphatic rings. The summed E-state index contributed by atoms with van der Waals surface area (Å²) < 4.78 is 1.88. The van der Waals surface area contributed by atoms with Gasteiger partial charge < -0.3 is 11.1 Å². The second-order valence-electron chi connectivity index (χ2n) is 5.30. The van der Waals surface area contributed by atoms with Gasteiger partial charge in [-0.1, -0.05) is 25.7 Å². The molecule has 20 heavy (non-hydrogen) atoms. The number of hydrogen-bond acceptors (Lipinski definition) is 2. The molecule has 1 aromatic rings. The third-order valence-corrected chi connectivity index (χ3v) is 3.78. The van der Waals surface area contributed by atoms with Crippen LogP contribution in [0.1, 0.15) is 44.2 Å². The second-order valence-corrected chi connectivity index (χ2v) is 5.30. The fourth-order valence-electron chi connectivity index (χ4n) is 2.62. The summed E-state index contributed by atoms with van der Waals surface area (Å²) in [5.74, 6) is 0.592. The molecule has 0 spiro atoms. The average molecular weight is 391 g/mol. The number of aromatic nitrogens is 2. The molecule has 1 aliphatic carbocycles. The Bertz CT molecular complexity index is 407. The van der Waals surface area contributed by atoms with E-state index in [1.807, 2.05) is 24.0 Å². The van der Waals surface area contributed by atoms with E-state index < -0.39 is 0 Å². The van der Waals surface area contributed by atoms with Crippen LogP contribution in [0.2, 0.25) is 0 Å². The molecule has 0 atom stereocenters. The zero-order valence-electron chi connectivity index (χ0n) is 12.2. The van der Waals surface area contributed by atoms with E-state index in [0.29, 0.717) is 18.5 Å². The molecule has 0 amide bonds. The summed E-state index contributed by atoms with van der Waals surface area (Å²) >= 11 is 0. The molecule has 0 aliphatic heterocycles. The first-order valence-electron chi connectivity index (χ1n) is 7.29. The Kier molecular flexibility index (Phi) is 7.94. The summed E-state index contributed by atoms with van der Waals surface area (Å²) in [6.07, 6.45) is 10.5. The standard InChI is InChI=1S/C14H25N5.HI/c1-19-13(9-11-17-19)8-10-16-14(15)18-12-6-4-2-3-5-7-12;/h9,11-12H,2-8,10H2,1H3,(H3,15,16,18);1H. The minimum Gasteiger partial charge on any atom is -0.370 e. The van der Waals surface area contributed by atoms with Crippen LogP contribution in [-0.4, -0.2) is 28.3 Å². The van der Waals surface area contributed by atoms with Crippen LogP contribution in [0.5, 0.6) is 0 Å². The highest BCUT2D eigenvalue weighted by Crippen LogP contribution is 2.16. The first-order chi connectivity index (χ1) is 9.25. The monoisotopic (exact) mass is 391 g/mol. The second kappa shape index (κ2) is 9.20. The van der Waals surface area contributed by atoms with Crippen LogP contribution in [0.15, 0.2) is 17.3 Å². The molecule has 1 aromatic heterocycles. The van der Waals surface area contributed by atoms with Crippen molar-refractivity contribution in [2.45, 2.75) is 51.0 Å². The van der Waals surface area contributed by atoms with Gasteiger partial charge in [0.2, 0.25) is 0 Å². The summed E-state index contributed by atoms with van der Waals surface area (Å²) in [6, 6.07) is 2.53. The number of nitrogens with two attached hydrogens (primary N) is 1. The molecule has 0 aromatic carbocycles. The topological polar surface area (TPSA) is 68.2 Å². The highest BCUT2D eigenvalue weighted by molar-refractivity contribution is 14.0. The molecule has 114 valence electrons. The quantitative estimate of drug-likeness (QED) is 0.358. The lowest BCUT2D eigenvalue weighted by Gasteiger charge is -2.16. The number of rotatable bonds is 4. The number of nitrogens with one attached hydrogen (secondary N) is 1. The van der Waals surface area contributed by atoms with Crippen molar-refractivity contribution in [1.29, 1.82) is 0 Å². The summed E-state index contributed by atoms with van der Waals surface area (Å²) in [7, 11) is 1.95. The van der Waals surface area contributed by atoms with Crippen molar-refractivity contribution in [1.82, 2.24) is 15.1 Å². The van der Waals surface area contributed by atoms with Crippen LogP contribution >= 0.6 is 24.0 Å². The van der Waals surface area contributed by atoms with Crippen molar-refractivity contribution in [3.63, 3.8) is 0 Å². The lowest BCUT2D eigenvalue weighted by molar-refractivity contribution is 0.530. The molecule has 0 unspecified atom stereocenters. The van der Waals surface area contributed by atoms with Gasteiger partial charge in [-0.05, 0) is 18.9 Å². The summed E-state index contributed by atoms with van der Waals surface area (Å²) in [6.45, 7) is 0.713. The maximum absolute atomic E-state index is 5.95. The summed E-state index contributed by atoms with van der Waals surface area (Å²) in [5, 5.41) is 7.50. The fraction of sp³-hybridized carbons (Fsp3) is 0.714.